The Balaban J connectivity index is 2.11. The quantitative estimate of drug-likeness (QED) is 0.767. The topological polar surface area (TPSA) is 92.9 Å². The van der Waals surface area contributed by atoms with Crippen molar-refractivity contribution >= 4 is 12.0 Å². The van der Waals surface area contributed by atoms with Crippen LogP contribution in [-0.4, -0.2) is 30.7 Å². The molecule has 2 heterocycles. The fourth-order valence-electron chi connectivity index (χ4n) is 2.36. The lowest BCUT2D eigenvalue weighted by molar-refractivity contribution is 0.209. The lowest BCUT2D eigenvalue weighted by Crippen LogP contribution is -2.11. The predicted octanol–water partition coefficient (Wildman–Crippen LogP) is 3.26. The Morgan fingerprint density at radius 3 is 2.67 bits per heavy atom. The Labute approximate surface area is 136 Å². The molecule has 3 rings (SSSR count). The molecule has 0 spiro atoms. The molecule has 0 saturated heterocycles. The van der Waals surface area contributed by atoms with Gasteiger partial charge in [-0.25, -0.2) is 24.1 Å². The number of aryl methyl sites for hydroxylation is 1. The van der Waals surface area contributed by atoms with Crippen molar-refractivity contribution < 1.29 is 14.3 Å². The number of hydrogen-bond donors (Lipinski definition) is 2. The molecule has 1 amide bonds. The fraction of sp³-hybridized carbons (Fsp3) is 0.125. The molecule has 122 valence electrons. The fourth-order valence-corrected chi connectivity index (χ4v) is 2.36. The number of amides is 1. The number of carbonyl (C=O) groups is 1. The van der Waals surface area contributed by atoms with Gasteiger partial charge in [-0.05, 0) is 37.3 Å². The number of imidazole rings is 1. The molecule has 0 atom stereocenters. The Bertz CT molecular complexity index is 876. The molecule has 0 bridgehead atoms. The highest BCUT2D eigenvalue weighted by Crippen LogP contribution is 2.30. The maximum Gasteiger partial charge on any atom is 0.411 e. The van der Waals surface area contributed by atoms with Crippen LogP contribution in [0.25, 0.3) is 22.6 Å². The third kappa shape index (κ3) is 3.07. The van der Waals surface area contributed by atoms with E-state index in [9.17, 15) is 9.18 Å². The van der Waals surface area contributed by atoms with Crippen LogP contribution < -0.4 is 5.32 Å². The Morgan fingerprint density at radius 1 is 1.25 bits per heavy atom. The second kappa shape index (κ2) is 6.45. The van der Waals surface area contributed by atoms with Crippen LogP contribution in [0.1, 0.15) is 6.92 Å². The van der Waals surface area contributed by atoms with Crippen LogP contribution in [0, 0.1) is 5.82 Å². The van der Waals surface area contributed by atoms with Gasteiger partial charge in [0, 0.05) is 18.3 Å². The van der Waals surface area contributed by atoms with Crippen LogP contribution in [-0.2, 0) is 6.54 Å². The SMILES string of the molecule is CCn1cnc(-c2ccc(F)cc2)c1-c1ccnc(NC(=O)O)n1. The predicted molar refractivity (Wildman–Crippen MR) is 86.0 cm³/mol. The minimum Gasteiger partial charge on any atom is -0.465 e. The maximum absolute atomic E-state index is 13.2. The number of carboxylic acid groups (broad SMARTS) is 1. The van der Waals surface area contributed by atoms with Gasteiger partial charge in [0.25, 0.3) is 0 Å². The Morgan fingerprint density at radius 2 is 2.00 bits per heavy atom. The summed E-state index contributed by atoms with van der Waals surface area (Å²) < 4.78 is 15.0. The van der Waals surface area contributed by atoms with Crippen molar-refractivity contribution in [2.45, 2.75) is 13.5 Å². The second-order valence-electron chi connectivity index (χ2n) is 4.93. The highest BCUT2D eigenvalue weighted by atomic mass is 19.1. The van der Waals surface area contributed by atoms with Crippen molar-refractivity contribution in [3.05, 3.63) is 48.7 Å². The van der Waals surface area contributed by atoms with E-state index >= 15 is 0 Å². The molecule has 2 N–H and O–H groups in total. The van der Waals surface area contributed by atoms with E-state index in [1.54, 1.807) is 24.5 Å². The van der Waals surface area contributed by atoms with E-state index in [-0.39, 0.29) is 11.8 Å². The van der Waals surface area contributed by atoms with Gasteiger partial charge in [-0.3, -0.25) is 5.32 Å². The van der Waals surface area contributed by atoms with E-state index in [1.165, 1.54) is 18.3 Å². The number of aromatic nitrogens is 4. The van der Waals surface area contributed by atoms with Gasteiger partial charge < -0.3 is 9.67 Å². The lowest BCUT2D eigenvalue weighted by atomic mass is 10.1. The molecule has 3 aromatic rings. The molecular weight excluding hydrogens is 313 g/mol. The third-order valence-electron chi connectivity index (χ3n) is 3.41. The minimum absolute atomic E-state index is 0.0195. The van der Waals surface area contributed by atoms with Crippen molar-refractivity contribution in [1.82, 2.24) is 19.5 Å². The molecule has 0 fully saturated rings. The van der Waals surface area contributed by atoms with Gasteiger partial charge in [-0.15, -0.1) is 0 Å². The molecule has 0 aliphatic heterocycles. The van der Waals surface area contributed by atoms with Crippen LogP contribution in [0.5, 0.6) is 0 Å². The van der Waals surface area contributed by atoms with Gasteiger partial charge >= 0.3 is 6.09 Å². The van der Waals surface area contributed by atoms with Crippen LogP contribution in [0.2, 0.25) is 0 Å². The van der Waals surface area contributed by atoms with Crippen LogP contribution in [0.3, 0.4) is 0 Å². The van der Waals surface area contributed by atoms with Gasteiger partial charge in [0.05, 0.1) is 23.4 Å². The molecule has 0 saturated carbocycles. The largest absolute Gasteiger partial charge is 0.465 e. The molecule has 24 heavy (non-hydrogen) atoms. The Hall–Kier alpha value is -3.29. The van der Waals surface area contributed by atoms with Gasteiger partial charge in [-0.2, -0.15) is 0 Å². The second-order valence-corrected chi connectivity index (χ2v) is 4.93. The molecule has 0 radical (unpaired) electrons. The zero-order valence-corrected chi connectivity index (χ0v) is 12.8. The number of halogens is 1. The molecule has 8 heteroatoms. The maximum atomic E-state index is 13.2. The van der Waals surface area contributed by atoms with Gasteiger partial charge in [0.2, 0.25) is 5.95 Å². The summed E-state index contributed by atoms with van der Waals surface area (Å²) >= 11 is 0. The summed E-state index contributed by atoms with van der Waals surface area (Å²) in [6.07, 6.45) is 1.89. The Kier molecular flexibility index (Phi) is 4.19. The van der Waals surface area contributed by atoms with Crippen LogP contribution in [0.4, 0.5) is 15.1 Å². The van der Waals surface area contributed by atoms with Crippen molar-refractivity contribution in [2.75, 3.05) is 5.32 Å². The average molecular weight is 327 g/mol. The normalized spacial score (nSPS) is 10.6. The molecule has 0 unspecified atom stereocenters. The number of rotatable bonds is 4. The van der Waals surface area contributed by atoms with E-state index in [2.05, 4.69) is 20.3 Å². The minimum atomic E-state index is -1.24. The summed E-state index contributed by atoms with van der Waals surface area (Å²) in [7, 11) is 0. The highest BCUT2D eigenvalue weighted by Gasteiger charge is 2.16. The number of anilines is 1. The molecular formula is C16H14FN5O2. The van der Waals surface area contributed by atoms with E-state index < -0.39 is 6.09 Å². The lowest BCUT2D eigenvalue weighted by Gasteiger charge is -2.09. The number of nitrogens with zero attached hydrogens (tertiary/aromatic N) is 4. The summed E-state index contributed by atoms with van der Waals surface area (Å²) in [5.41, 5.74) is 2.61. The van der Waals surface area contributed by atoms with E-state index in [0.717, 1.165) is 5.56 Å². The van der Waals surface area contributed by atoms with Crippen molar-refractivity contribution in [2.24, 2.45) is 0 Å². The summed E-state index contributed by atoms with van der Waals surface area (Å²) in [6, 6.07) is 7.67. The van der Waals surface area contributed by atoms with Crippen LogP contribution >= 0.6 is 0 Å². The average Bonchev–Trinajstić information content (AvgIpc) is 2.99. The first-order chi connectivity index (χ1) is 11.6. The summed E-state index contributed by atoms with van der Waals surface area (Å²) in [6.45, 7) is 2.60. The van der Waals surface area contributed by atoms with E-state index in [0.29, 0.717) is 23.6 Å². The first kappa shape index (κ1) is 15.6. The molecule has 0 aliphatic carbocycles. The van der Waals surface area contributed by atoms with E-state index in [1.807, 2.05) is 11.5 Å². The van der Waals surface area contributed by atoms with Gasteiger partial charge in [0.15, 0.2) is 0 Å². The third-order valence-corrected chi connectivity index (χ3v) is 3.41. The van der Waals surface area contributed by atoms with Gasteiger partial charge in [-0.1, -0.05) is 0 Å². The monoisotopic (exact) mass is 327 g/mol. The first-order valence-electron chi connectivity index (χ1n) is 7.23. The summed E-state index contributed by atoms with van der Waals surface area (Å²) in [5, 5.41) is 10.9. The highest BCUT2D eigenvalue weighted by molar-refractivity contribution is 5.81. The number of nitrogens with one attached hydrogen (secondary N) is 1. The standard InChI is InChI=1S/C16H14FN5O2/c1-2-22-9-19-13(10-3-5-11(17)6-4-10)14(22)12-7-8-18-15(20-12)21-16(23)24/h3-9H,2H2,1H3,(H,23,24)(H,18,20,21). The smallest absolute Gasteiger partial charge is 0.411 e. The summed E-state index contributed by atoms with van der Waals surface area (Å²) in [4.78, 5) is 23.3. The van der Waals surface area contributed by atoms with Crippen molar-refractivity contribution in [3.8, 4) is 22.6 Å². The van der Waals surface area contributed by atoms with Crippen molar-refractivity contribution in [3.63, 3.8) is 0 Å². The zero-order chi connectivity index (χ0) is 17.1. The number of hydrogen-bond acceptors (Lipinski definition) is 4. The molecule has 7 nitrogen and oxygen atoms in total. The van der Waals surface area contributed by atoms with Gasteiger partial charge in [0.1, 0.15) is 5.82 Å². The molecule has 1 aromatic carbocycles. The molecule has 2 aromatic heterocycles. The van der Waals surface area contributed by atoms with Crippen molar-refractivity contribution in [1.29, 1.82) is 0 Å². The summed E-state index contributed by atoms with van der Waals surface area (Å²) in [5.74, 6) is -0.348. The number of benzene rings is 1. The van der Waals surface area contributed by atoms with E-state index in [4.69, 9.17) is 5.11 Å². The zero-order valence-electron chi connectivity index (χ0n) is 12.8. The van der Waals surface area contributed by atoms with Crippen LogP contribution in [0.15, 0.2) is 42.9 Å². The molecule has 0 aliphatic rings. The first-order valence-corrected chi connectivity index (χ1v) is 7.23.